The molecule has 0 spiro atoms. The summed E-state index contributed by atoms with van der Waals surface area (Å²) >= 11 is 13.9. The van der Waals surface area contributed by atoms with Crippen molar-refractivity contribution in [3.63, 3.8) is 0 Å². The number of benzene rings is 1. The van der Waals surface area contributed by atoms with Crippen molar-refractivity contribution in [2.75, 3.05) is 18.0 Å². The Morgan fingerprint density at radius 2 is 1.96 bits per heavy atom. The predicted molar refractivity (Wildman–Crippen MR) is 109 cm³/mol. The van der Waals surface area contributed by atoms with Gasteiger partial charge in [-0.1, -0.05) is 46.7 Å². The molecular weight excluding hydrogens is 405 g/mol. The number of hydrogen-bond donors (Lipinski definition) is 2. The average molecular weight is 424 g/mol. The second-order valence-corrected chi connectivity index (χ2v) is 9.14. The van der Waals surface area contributed by atoms with Crippen molar-refractivity contribution in [2.45, 2.75) is 25.5 Å². The number of rotatable bonds is 3. The number of nitrogens with two attached hydrogens (primary N) is 1. The van der Waals surface area contributed by atoms with E-state index >= 15 is 0 Å². The molecule has 0 radical (unpaired) electrons. The van der Waals surface area contributed by atoms with Gasteiger partial charge in [-0.2, -0.15) is 10.1 Å². The molecule has 1 aromatic carbocycles. The predicted octanol–water partition coefficient (Wildman–Crippen LogP) is 3.43. The van der Waals surface area contributed by atoms with E-state index in [0.717, 1.165) is 53.0 Å². The molecule has 0 bridgehead atoms. The lowest BCUT2D eigenvalue weighted by Gasteiger charge is -2.18. The maximum Gasteiger partial charge on any atom is 0.214 e. The Hall–Kier alpha value is -1.38. The summed E-state index contributed by atoms with van der Waals surface area (Å²) in [5.74, 6) is 2.09. The van der Waals surface area contributed by atoms with Gasteiger partial charge in [-0.3, -0.25) is 0 Å². The summed E-state index contributed by atoms with van der Waals surface area (Å²) in [5.41, 5.74) is 7.59. The van der Waals surface area contributed by atoms with Crippen molar-refractivity contribution < 1.29 is 5.11 Å². The molecule has 2 aliphatic rings. The van der Waals surface area contributed by atoms with Crippen molar-refractivity contribution in [3.8, 4) is 10.6 Å². The first-order valence-electron chi connectivity index (χ1n) is 8.99. The minimum Gasteiger partial charge on any atom is -0.390 e. The van der Waals surface area contributed by atoms with Crippen LogP contribution < -0.4 is 10.6 Å². The first-order chi connectivity index (χ1) is 13.0. The standard InChI is InChI=1S/C18H19Cl2N5OS/c19-13-3-1-2-12(15(13)20)17-23-25-14(8-26)16(22-18(25)27-17)24-6-9-4-11(21)5-10(9)7-24/h1-3,9-11,26H,4-8,21H2. The van der Waals surface area contributed by atoms with Gasteiger partial charge in [0.15, 0.2) is 5.82 Å². The fraction of sp³-hybridized carbons (Fsp3) is 0.444. The molecule has 1 aliphatic carbocycles. The number of fused-ring (bicyclic) bond motifs is 2. The third-order valence-corrected chi connectivity index (χ3v) is 7.45. The molecule has 3 aromatic rings. The molecule has 2 fully saturated rings. The Morgan fingerprint density at radius 3 is 2.67 bits per heavy atom. The highest BCUT2D eigenvalue weighted by Gasteiger charge is 2.41. The van der Waals surface area contributed by atoms with Gasteiger partial charge >= 0.3 is 0 Å². The average Bonchev–Trinajstić information content (AvgIpc) is 3.34. The molecule has 1 saturated heterocycles. The number of aromatic nitrogens is 3. The van der Waals surface area contributed by atoms with Gasteiger partial charge in [-0.05, 0) is 30.7 Å². The second kappa shape index (κ2) is 6.60. The number of aliphatic hydroxyl groups excluding tert-OH is 1. The Labute approximate surface area is 170 Å². The van der Waals surface area contributed by atoms with Gasteiger partial charge in [0.1, 0.15) is 10.7 Å². The maximum atomic E-state index is 10.00. The molecule has 5 rings (SSSR count). The van der Waals surface area contributed by atoms with Crippen LogP contribution in [0.3, 0.4) is 0 Å². The molecule has 2 unspecified atom stereocenters. The van der Waals surface area contributed by atoms with Gasteiger partial charge in [0.25, 0.3) is 0 Å². The van der Waals surface area contributed by atoms with E-state index < -0.39 is 0 Å². The van der Waals surface area contributed by atoms with Crippen LogP contribution in [0.1, 0.15) is 18.5 Å². The number of halogens is 2. The fourth-order valence-electron chi connectivity index (χ4n) is 4.47. The zero-order valence-corrected chi connectivity index (χ0v) is 16.8. The van der Waals surface area contributed by atoms with E-state index in [2.05, 4.69) is 10.00 Å². The fourth-order valence-corrected chi connectivity index (χ4v) is 5.86. The molecule has 1 saturated carbocycles. The molecule has 9 heteroatoms. The molecule has 27 heavy (non-hydrogen) atoms. The van der Waals surface area contributed by atoms with Crippen molar-refractivity contribution in [3.05, 3.63) is 33.9 Å². The molecular formula is C18H19Cl2N5OS. The van der Waals surface area contributed by atoms with E-state index in [1.54, 1.807) is 10.6 Å². The van der Waals surface area contributed by atoms with Crippen LogP contribution in [0.15, 0.2) is 18.2 Å². The Morgan fingerprint density at radius 1 is 1.22 bits per heavy atom. The second-order valence-electron chi connectivity index (χ2n) is 7.40. The summed E-state index contributed by atoms with van der Waals surface area (Å²) in [4.78, 5) is 7.81. The van der Waals surface area contributed by atoms with Gasteiger partial charge in [0, 0.05) is 24.7 Å². The number of nitrogens with zero attached hydrogens (tertiary/aromatic N) is 4. The lowest BCUT2D eigenvalue weighted by Crippen LogP contribution is -2.26. The van der Waals surface area contributed by atoms with Gasteiger partial charge in [0.2, 0.25) is 4.96 Å². The number of aliphatic hydroxyl groups is 1. The molecule has 2 atom stereocenters. The minimum atomic E-state index is -0.117. The Kier molecular flexibility index (Phi) is 4.33. The van der Waals surface area contributed by atoms with Crippen molar-refractivity contribution >= 4 is 45.3 Å². The minimum absolute atomic E-state index is 0.117. The zero-order chi connectivity index (χ0) is 18.7. The van der Waals surface area contributed by atoms with Crippen LogP contribution in [0, 0.1) is 11.8 Å². The van der Waals surface area contributed by atoms with E-state index in [1.807, 2.05) is 12.1 Å². The summed E-state index contributed by atoms with van der Waals surface area (Å²) in [6.07, 6.45) is 2.15. The van der Waals surface area contributed by atoms with E-state index in [9.17, 15) is 5.11 Å². The Bertz CT molecular complexity index is 1000. The highest BCUT2D eigenvalue weighted by molar-refractivity contribution is 7.20. The Balaban J connectivity index is 1.51. The van der Waals surface area contributed by atoms with Crippen LogP contribution in [0.4, 0.5) is 5.82 Å². The first kappa shape index (κ1) is 17.7. The molecule has 3 N–H and O–H groups in total. The summed E-state index contributed by atoms with van der Waals surface area (Å²) in [6.45, 7) is 1.78. The lowest BCUT2D eigenvalue weighted by atomic mass is 10.0. The number of hydrogen-bond acceptors (Lipinski definition) is 6. The third kappa shape index (κ3) is 2.84. The quantitative estimate of drug-likeness (QED) is 0.674. The van der Waals surface area contributed by atoms with Crippen LogP contribution in [-0.2, 0) is 6.61 Å². The summed E-state index contributed by atoms with van der Waals surface area (Å²) < 4.78 is 1.73. The van der Waals surface area contributed by atoms with E-state index in [-0.39, 0.29) is 6.61 Å². The molecule has 6 nitrogen and oxygen atoms in total. The third-order valence-electron chi connectivity index (χ3n) is 5.69. The van der Waals surface area contributed by atoms with Gasteiger partial charge in [0.05, 0.1) is 16.7 Å². The largest absolute Gasteiger partial charge is 0.390 e. The SMILES string of the molecule is NC1CC2CN(c3nc4sc(-c5cccc(Cl)c5Cl)nn4c3CO)CC2C1. The summed E-state index contributed by atoms with van der Waals surface area (Å²) in [7, 11) is 0. The summed E-state index contributed by atoms with van der Waals surface area (Å²) in [5, 5.41) is 16.4. The van der Waals surface area contributed by atoms with Crippen molar-refractivity contribution in [1.29, 1.82) is 0 Å². The van der Waals surface area contributed by atoms with Gasteiger partial charge in [-0.25, -0.2) is 4.52 Å². The molecule has 2 aromatic heterocycles. The van der Waals surface area contributed by atoms with Crippen LogP contribution in [0.2, 0.25) is 10.0 Å². The maximum absolute atomic E-state index is 10.00. The monoisotopic (exact) mass is 423 g/mol. The summed E-state index contributed by atoms with van der Waals surface area (Å²) in [6, 6.07) is 5.81. The number of anilines is 1. The van der Waals surface area contributed by atoms with Crippen LogP contribution >= 0.6 is 34.5 Å². The number of imidazole rings is 1. The normalized spacial score (nSPS) is 24.9. The van der Waals surface area contributed by atoms with Crippen molar-refractivity contribution in [1.82, 2.24) is 14.6 Å². The first-order valence-corrected chi connectivity index (χ1v) is 10.6. The van der Waals surface area contributed by atoms with E-state index in [1.165, 1.54) is 11.3 Å². The highest BCUT2D eigenvalue weighted by atomic mass is 35.5. The van der Waals surface area contributed by atoms with Gasteiger partial charge < -0.3 is 15.7 Å². The van der Waals surface area contributed by atoms with Crippen LogP contribution in [0.25, 0.3) is 15.5 Å². The van der Waals surface area contributed by atoms with E-state index in [4.69, 9.17) is 33.9 Å². The highest BCUT2D eigenvalue weighted by Crippen LogP contribution is 2.41. The van der Waals surface area contributed by atoms with Crippen LogP contribution in [-0.4, -0.2) is 38.8 Å². The molecule has 142 valence electrons. The van der Waals surface area contributed by atoms with Crippen molar-refractivity contribution in [2.24, 2.45) is 17.6 Å². The van der Waals surface area contributed by atoms with Crippen LogP contribution in [0.5, 0.6) is 0 Å². The molecule has 0 amide bonds. The molecule has 3 heterocycles. The zero-order valence-electron chi connectivity index (χ0n) is 14.5. The van der Waals surface area contributed by atoms with Gasteiger partial charge in [-0.15, -0.1) is 0 Å². The topological polar surface area (TPSA) is 79.7 Å². The van der Waals surface area contributed by atoms with E-state index in [0.29, 0.717) is 27.9 Å². The lowest BCUT2D eigenvalue weighted by molar-refractivity contribution is 0.274. The molecule has 1 aliphatic heterocycles. The smallest absolute Gasteiger partial charge is 0.214 e.